The van der Waals surface area contributed by atoms with Gasteiger partial charge in [-0.05, 0) is 47.5 Å². The summed E-state index contributed by atoms with van der Waals surface area (Å²) < 4.78 is 16.0. The van der Waals surface area contributed by atoms with Crippen LogP contribution in [0.5, 0.6) is 11.5 Å². The minimum atomic E-state index is -0.923. The monoisotopic (exact) mass is 359 g/mol. The lowest BCUT2D eigenvalue weighted by Gasteiger charge is -2.19. The van der Waals surface area contributed by atoms with Gasteiger partial charge in [0.25, 0.3) is 5.91 Å². The number of ether oxygens (including phenoxy) is 3. The van der Waals surface area contributed by atoms with Crippen LogP contribution in [-0.2, 0) is 14.3 Å². The van der Waals surface area contributed by atoms with E-state index in [1.54, 1.807) is 24.3 Å². The Labute approximate surface area is 149 Å². The number of esters is 1. The van der Waals surface area contributed by atoms with Gasteiger partial charge in [0, 0.05) is 17.8 Å². The van der Waals surface area contributed by atoms with Crippen molar-refractivity contribution in [1.82, 2.24) is 0 Å². The van der Waals surface area contributed by atoms with Crippen molar-refractivity contribution in [3.8, 4) is 11.5 Å². The Bertz CT molecular complexity index is 785. The van der Waals surface area contributed by atoms with Crippen molar-refractivity contribution in [2.75, 3.05) is 18.5 Å². The predicted molar refractivity (Wildman–Crippen MR) is 95.0 cm³/mol. The van der Waals surface area contributed by atoms with Crippen molar-refractivity contribution < 1.29 is 23.8 Å². The third-order valence-corrected chi connectivity index (χ3v) is 4.13. The van der Waals surface area contributed by atoms with Crippen LogP contribution in [-0.4, -0.2) is 31.2 Å². The van der Waals surface area contributed by atoms with Gasteiger partial charge in [0.05, 0.1) is 0 Å². The zero-order chi connectivity index (χ0) is 17.6. The van der Waals surface area contributed by atoms with Gasteiger partial charge in [0.15, 0.2) is 17.6 Å². The topological polar surface area (TPSA) is 73.9 Å². The SMILES string of the molecule is C[C@H](OC(=O)/C=C/c1ccsc1)C(=O)Nc1ccc2c(c1)OCCO2. The first-order valence-electron chi connectivity index (χ1n) is 7.73. The van der Waals surface area contributed by atoms with Crippen molar-refractivity contribution >= 4 is 35.0 Å². The summed E-state index contributed by atoms with van der Waals surface area (Å²) in [5.74, 6) is 0.222. The molecule has 2 aromatic rings. The highest BCUT2D eigenvalue weighted by Gasteiger charge is 2.18. The average Bonchev–Trinajstić information content (AvgIpc) is 3.13. The second kappa shape index (κ2) is 7.85. The summed E-state index contributed by atoms with van der Waals surface area (Å²) in [7, 11) is 0. The summed E-state index contributed by atoms with van der Waals surface area (Å²) in [6.45, 7) is 2.49. The Morgan fingerprint density at radius 3 is 2.80 bits per heavy atom. The smallest absolute Gasteiger partial charge is 0.331 e. The van der Waals surface area contributed by atoms with Crippen LogP contribution < -0.4 is 14.8 Å². The molecule has 1 aromatic carbocycles. The molecule has 0 unspecified atom stereocenters. The summed E-state index contributed by atoms with van der Waals surface area (Å²) in [6.07, 6.45) is 2.02. The standard InChI is InChI=1S/C18H17NO5S/c1-12(24-17(20)5-2-13-6-9-25-11-13)18(21)19-14-3-4-15-16(10-14)23-8-7-22-15/h2-6,9-12H,7-8H2,1H3,(H,19,21)/b5-2+/t12-/m0/s1. The van der Waals surface area contributed by atoms with E-state index in [-0.39, 0.29) is 0 Å². The predicted octanol–water partition coefficient (Wildman–Crippen LogP) is 3.10. The number of carbonyl (C=O) groups is 2. The van der Waals surface area contributed by atoms with Crippen LogP contribution in [0.1, 0.15) is 12.5 Å². The third-order valence-electron chi connectivity index (χ3n) is 3.43. The lowest BCUT2D eigenvalue weighted by atomic mass is 10.2. The summed E-state index contributed by atoms with van der Waals surface area (Å²) >= 11 is 1.53. The first kappa shape index (κ1) is 17.0. The Morgan fingerprint density at radius 2 is 2.04 bits per heavy atom. The van der Waals surface area contributed by atoms with Crippen LogP contribution in [0.3, 0.4) is 0 Å². The van der Waals surface area contributed by atoms with Crippen molar-refractivity contribution in [2.45, 2.75) is 13.0 Å². The molecule has 0 spiro atoms. The number of rotatable bonds is 5. The number of carbonyl (C=O) groups excluding carboxylic acids is 2. The van der Waals surface area contributed by atoms with Gasteiger partial charge in [-0.2, -0.15) is 11.3 Å². The van der Waals surface area contributed by atoms with E-state index in [2.05, 4.69) is 5.32 Å². The largest absolute Gasteiger partial charge is 0.486 e. The number of hydrogen-bond donors (Lipinski definition) is 1. The Hall–Kier alpha value is -2.80. The van der Waals surface area contributed by atoms with Gasteiger partial charge in [-0.3, -0.25) is 4.79 Å². The molecule has 0 saturated carbocycles. The number of amides is 1. The number of fused-ring (bicyclic) bond motifs is 1. The van der Waals surface area contributed by atoms with Gasteiger partial charge in [0.2, 0.25) is 0 Å². The highest BCUT2D eigenvalue weighted by molar-refractivity contribution is 7.08. The quantitative estimate of drug-likeness (QED) is 0.656. The van der Waals surface area contributed by atoms with E-state index < -0.39 is 18.0 Å². The van der Waals surface area contributed by atoms with E-state index in [1.807, 2.05) is 16.8 Å². The zero-order valence-corrected chi connectivity index (χ0v) is 14.4. The molecule has 0 bridgehead atoms. The van der Waals surface area contributed by atoms with Gasteiger partial charge in [0.1, 0.15) is 13.2 Å². The highest BCUT2D eigenvalue weighted by atomic mass is 32.1. The molecule has 1 N–H and O–H groups in total. The molecule has 1 amide bonds. The van der Waals surface area contributed by atoms with E-state index in [1.165, 1.54) is 24.3 Å². The fourth-order valence-corrected chi connectivity index (χ4v) is 2.79. The van der Waals surface area contributed by atoms with Gasteiger partial charge in [-0.1, -0.05) is 0 Å². The molecule has 1 aliphatic rings. The maximum absolute atomic E-state index is 12.2. The molecule has 3 rings (SSSR count). The molecule has 0 fully saturated rings. The highest BCUT2D eigenvalue weighted by Crippen LogP contribution is 2.32. The molecule has 25 heavy (non-hydrogen) atoms. The molecule has 1 aliphatic heterocycles. The van der Waals surface area contributed by atoms with Crippen molar-refractivity contribution in [1.29, 1.82) is 0 Å². The third kappa shape index (κ3) is 4.60. The normalized spacial score (nSPS) is 14.1. The molecule has 6 nitrogen and oxygen atoms in total. The summed E-state index contributed by atoms with van der Waals surface area (Å²) in [5, 5.41) is 6.51. The summed E-state index contributed by atoms with van der Waals surface area (Å²) in [4.78, 5) is 23.9. The van der Waals surface area contributed by atoms with Gasteiger partial charge >= 0.3 is 5.97 Å². The molecule has 0 saturated heterocycles. The molecule has 1 aromatic heterocycles. The molecule has 0 aliphatic carbocycles. The Balaban J connectivity index is 1.54. The molecule has 130 valence electrons. The Kier molecular flexibility index (Phi) is 5.35. The van der Waals surface area contributed by atoms with Crippen LogP contribution >= 0.6 is 11.3 Å². The minimum absolute atomic E-state index is 0.422. The van der Waals surface area contributed by atoms with Crippen molar-refractivity contribution in [3.63, 3.8) is 0 Å². The lowest BCUT2D eigenvalue weighted by molar-refractivity contribution is -0.148. The number of anilines is 1. The first-order valence-corrected chi connectivity index (χ1v) is 8.67. The van der Waals surface area contributed by atoms with Gasteiger partial charge in [-0.25, -0.2) is 4.79 Å². The van der Waals surface area contributed by atoms with E-state index >= 15 is 0 Å². The maximum Gasteiger partial charge on any atom is 0.331 e. The van der Waals surface area contributed by atoms with Crippen molar-refractivity contribution in [2.24, 2.45) is 0 Å². The average molecular weight is 359 g/mol. The number of thiophene rings is 1. The van der Waals surface area contributed by atoms with Crippen LogP contribution in [0.15, 0.2) is 41.1 Å². The maximum atomic E-state index is 12.2. The van der Waals surface area contributed by atoms with E-state index in [0.717, 1.165) is 5.56 Å². The summed E-state index contributed by atoms with van der Waals surface area (Å²) in [6, 6.07) is 6.99. The Morgan fingerprint density at radius 1 is 1.24 bits per heavy atom. The zero-order valence-electron chi connectivity index (χ0n) is 13.6. The summed E-state index contributed by atoms with van der Waals surface area (Å²) in [5.41, 5.74) is 1.46. The molecular weight excluding hydrogens is 342 g/mol. The molecule has 0 radical (unpaired) electrons. The molecular formula is C18H17NO5S. The fourth-order valence-electron chi connectivity index (χ4n) is 2.17. The van der Waals surface area contributed by atoms with Crippen LogP contribution in [0, 0.1) is 0 Å². The lowest BCUT2D eigenvalue weighted by Crippen LogP contribution is -2.29. The van der Waals surface area contributed by atoms with Gasteiger partial charge in [-0.15, -0.1) is 0 Å². The van der Waals surface area contributed by atoms with Gasteiger partial charge < -0.3 is 19.5 Å². The first-order chi connectivity index (χ1) is 12.1. The van der Waals surface area contributed by atoms with Crippen LogP contribution in [0.2, 0.25) is 0 Å². The molecule has 2 heterocycles. The molecule has 1 atom stereocenters. The van der Waals surface area contributed by atoms with Crippen LogP contribution in [0.4, 0.5) is 5.69 Å². The number of hydrogen-bond acceptors (Lipinski definition) is 6. The van der Waals surface area contributed by atoms with Crippen LogP contribution in [0.25, 0.3) is 6.08 Å². The second-order valence-electron chi connectivity index (χ2n) is 5.32. The van der Waals surface area contributed by atoms with Crippen molar-refractivity contribution in [3.05, 3.63) is 46.7 Å². The second-order valence-corrected chi connectivity index (χ2v) is 6.10. The number of benzene rings is 1. The minimum Gasteiger partial charge on any atom is -0.486 e. The number of nitrogens with one attached hydrogen (secondary N) is 1. The van der Waals surface area contributed by atoms with E-state index in [9.17, 15) is 9.59 Å². The fraction of sp³-hybridized carbons (Fsp3) is 0.222. The van der Waals surface area contributed by atoms with E-state index in [0.29, 0.717) is 30.4 Å². The van der Waals surface area contributed by atoms with E-state index in [4.69, 9.17) is 14.2 Å². The molecule has 7 heteroatoms.